The SMILES string of the molecule is NC(=O)C(=O)N(Cc1ccco1)Cc1ccco1. The van der Waals surface area contributed by atoms with Crippen LogP contribution in [0.2, 0.25) is 0 Å². The van der Waals surface area contributed by atoms with E-state index in [1.54, 1.807) is 24.3 Å². The van der Waals surface area contributed by atoms with Crippen molar-refractivity contribution in [2.24, 2.45) is 5.73 Å². The summed E-state index contributed by atoms with van der Waals surface area (Å²) < 4.78 is 10.3. The van der Waals surface area contributed by atoms with E-state index in [9.17, 15) is 9.59 Å². The molecule has 0 aromatic carbocycles. The molecule has 0 saturated carbocycles. The van der Waals surface area contributed by atoms with Crippen LogP contribution in [0.3, 0.4) is 0 Å². The Kier molecular flexibility index (Phi) is 3.47. The van der Waals surface area contributed by atoms with Crippen LogP contribution in [0, 0.1) is 0 Å². The van der Waals surface area contributed by atoms with Gasteiger partial charge in [0.15, 0.2) is 0 Å². The molecule has 0 unspecified atom stereocenters. The number of furan rings is 2. The van der Waals surface area contributed by atoms with Crippen molar-refractivity contribution in [2.75, 3.05) is 0 Å². The maximum Gasteiger partial charge on any atom is 0.312 e. The van der Waals surface area contributed by atoms with Gasteiger partial charge in [-0.2, -0.15) is 0 Å². The maximum absolute atomic E-state index is 11.7. The van der Waals surface area contributed by atoms with Gasteiger partial charge in [-0.1, -0.05) is 0 Å². The largest absolute Gasteiger partial charge is 0.467 e. The topological polar surface area (TPSA) is 89.7 Å². The lowest BCUT2D eigenvalue weighted by molar-refractivity contribution is -0.145. The molecular weight excluding hydrogens is 236 g/mol. The summed E-state index contributed by atoms with van der Waals surface area (Å²) in [6, 6.07) is 6.83. The fourth-order valence-corrected chi connectivity index (χ4v) is 1.54. The van der Waals surface area contributed by atoms with Crippen molar-refractivity contribution in [2.45, 2.75) is 13.1 Å². The van der Waals surface area contributed by atoms with E-state index in [1.165, 1.54) is 17.4 Å². The van der Waals surface area contributed by atoms with Crippen molar-refractivity contribution in [3.63, 3.8) is 0 Å². The molecule has 0 aliphatic carbocycles. The highest BCUT2D eigenvalue weighted by atomic mass is 16.3. The van der Waals surface area contributed by atoms with E-state index >= 15 is 0 Å². The second kappa shape index (κ2) is 5.22. The van der Waals surface area contributed by atoms with Gasteiger partial charge in [0, 0.05) is 0 Å². The Hall–Kier alpha value is -2.50. The number of nitrogens with zero attached hydrogens (tertiary/aromatic N) is 1. The van der Waals surface area contributed by atoms with E-state index in [0.717, 1.165) is 0 Å². The Balaban J connectivity index is 2.12. The van der Waals surface area contributed by atoms with Crippen molar-refractivity contribution < 1.29 is 18.4 Å². The number of nitrogens with two attached hydrogens (primary N) is 1. The lowest BCUT2D eigenvalue weighted by Gasteiger charge is -2.18. The molecule has 0 saturated heterocycles. The van der Waals surface area contributed by atoms with Crippen LogP contribution in [0.5, 0.6) is 0 Å². The highest BCUT2D eigenvalue weighted by Crippen LogP contribution is 2.11. The summed E-state index contributed by atoms with van der Waals surface area (Å²) in [5.41, 5.74) is 5.00. The van der Waals surface area contributed by atoms with Gasteiger partial charge in [0.05, 0.1) is 25.6 Å². The number of hydrogen-bond acceptors (Lipinski definition) is 4. The third kappa shape index (κ3) is 2.79. The van der Waals surface area contributed by atoms with Crippen LogP contribution in [-0.4, -0.2) is 16.7 Å². The first-order valence-electron chi connectivity index (χ1n) is 5.30. The first-order valence-corrected chi connectivity index (χ1v) is 5.30. The van der Waals surface area contributed by atoms with Crippen molar-refractivity contribution in [3.8, 4) is 0 Å². The third-order valence-corrected chi connectivity index (χ3v) is 2.35. The first kappa shape index (κ1) is 12.0. The van der Waals surface area contributed by atoms with Crippen LogP contribution in [0.1, 0.15) is 11.5 Å². The van der Waals surface area contributed by atoms with Crippen LogP contribution in [-0.2, 0) is 22.7 Å². The van der Waals surface area contributed by atoms with Gasteiger partial charge >= 0.3 is 11.8 Å². The monoisotopic (exact) mass is 248 g/mol. The molecular formula is C12H12N2O4. The smallest absolute Gasteiger partial charge is 0.312 e. The van der Waals surface area contributed by atoms with Gasteiger partial charge in [-0.3, -0.25) is 9.59 Å². The van der Waals surface area contributed by atoms with Gasteiger partial charge in [0.25, 0.3) is 0 Å². The molecule has 0 radical (unpaired) electrons. The summed E-state index contributed by atoms with van der Waals surface area (Å²) in [6.45, 7) is 0.324. The molecule has 2 amide bonds. The molecule has 6 heteroatoms. The quantitative estimate of drug-likeness (QED) is 0.813. The molecule has 0 aliphatic heterocycles. The van der Waals surface area contributed by atoms with Gasteiger partial charge in [-0.25, -0.2) is 0 Å². The zero-order valence-corrected chi connectivity index (χ0v) is 9.54. The van der Waals surface area contributed by atoms with E-state index in [1.807, 2.05) is 0 Å². The first-order chi connectivity index (χ1) is 8.66. The summed E-state index contributed by atoms with van der Waals surface area (Å²) in [4.78, 5) is 23.9. The average molecular weight is 248 g/mol. The van der Waals surface area contributed by atoms with Gasteiger partial charge in [0.2, 0.25) is 0 Å². The summed E-state index contributed by atoms with van der Waals surface area (Å²) in [5.74, 6) is -0.650. The number of carbonyl (C=O) groups excluding carboxylic acids is 2. The van der Waals surface area contributed by atoms with Crippen molar-refractivity contribution in [1.82, 2.24) is 4.90 Å². The van der Waals surface area contributed by atoms with Gasteiger partial charge in [-0.15, -0.1) is 0 Å². The number of primary amides is 1. The second-order valence-corrected chi connectivity index (χ2v) is 3.68. The Morgan fingerprint density at radius 2 is 1.56 bits per heavy atom. The Labute approximate surface area is 103 Å². The highest BCUT2D eigenvalue weighted by molar-refractivity contribution is 6.34. The minimum absolute atomic E-state index is 0.162. The summed E-state index contributed by atoms with van der Waals surface area (Å²) in [7, 11) is 0. The maximum atomic E-state index is 11.7. The summed E-state index contributed by atoms with van der Waals surface area (Å²) in [5, 5.41) is 0. The number of carbonyl (C=O) groups is 2. The summed E-state index contributed by atoms with van der Waals surface area (Å²) in [6.07, 6.45) is 2.99. The standard InChI is InChI=1S/C12H12N2O4/c13-11(15)12(16)14(7-9-3-1-5-17-9)8-10-4-2-6-18-10/h1-6H,7-8H2,(H2,13,15). The fourth-order valence-electron chi connectivity index (χ4n) is 1.54. The lowest BCUT2D eigenvalue weighted by atomic mass is 10.3. The third-order valence-electron chi connectivity index (χ3n) is 2.35. The minimum atomic E-state index is -1.01. The molecule has 0 aliphatic rings. The van der Waals surface area contributed by atoms with E-state index in [2.05, 4.69) is 0 Å². The number of hydrogen-bond donors (Lipinski definition) is 1. The molecule has 2 aromatic rings. The van der Waals surface area contributed by atoms with Crippen LogP contribution in [0.15, 0.2) is 45.6 Å². The minimum Gasteiger partial charge on any atom is -0.467 e. The van der Waals surface area contributed by atoms with Crippen LogP contribution in [0.25, 0.3) is 0 Å². The molecule has 0 spiro atoms. The van der Waals surface area contributed by atoms with Crippen LogP contribution < -0.4 is 5.73 Å². The normalized spacial score (nSPS) is 10.2. The molecule has 0 atom stereocenters. The molecule has 6 nitrogen and oxygen atoms in total. The Bertz CT molecular complexity index is 480. The number of rotatable bonds is 4. The molecule has 2 heterocycles. The van der Waals surface area contributed by atoms with Crippen molar-refractivity contribution >= 4 is 11.8 Å². The Morgan fingerprint density at radius 1 is 1.06 bits per heavy atom. The van der Waals surface area contributed by atoms with Crippen molar-refractivity contribution in [3.05, 3.63) is 48.3 Å². The van der Waals surface area contributed by atoms with Gasteiger partial charge in [0.1, 0.15) is 11.5 Å². The molecule has 0 fully saturated rings. The molecule has 18 heavy (non-hydrogen) atoms. The number of amides is 2. The highest BCUT2D eigenvalue weighted by Gasteiger charge is 2.21. The summed E-state index contributed by atoms with van der Waals surface area (Å²) >= 11 is 0. The molecule has 2 aromatic heterocycles. The van der Waals surface area contributed by atoms with Gasteiger partial charge in [-0.05, 0) is 24.3 Å². The van der Waals surface area contributed by atoms with E-state index < -0.39 is 11.8 Å². The van der Waals surface area contributed by atoms with Crippen LogP contribution in [0.4, 0.5) is 0 Å². The Morgan fingerprint density at radius 3 is 1.89 bits per heavy atom. The second-order valence-electron chi connectivity index (χ2n) is 3.68. The average Bonchev–Trinajstić information content (AvgIpc) is 2.99. The lowest BCUT2D eigenvalue weighted by Crippen LogP contribution is -2.39. The molecule has 0 bridgehead atoms. The predicted molar refractivity (Wildman–Crippen MR) is 60.9 cm³/mol. The fraction of sp³-hybridized carbons (Fsp3) is 0.167. The zero-order chi connectivity index (χ0) is 13.0. The van der Waals surface area contributed by atoms with Gasteiger partial charge < -0.3 is 19.5 Å². The van der Waals surface area contributed by atoms with Crippen LogP contribution >= 0.6 is 0 Å². The molecule has 94 valence electrons. The predicted octanol–water partition coefficient (Wildman–Crippen LogP) is 0.887. The van der Waals surface area contributed by atoms with Crippen molar-refractivity contribution in [1.29, 1.82) is 0 Å². The van der Waals surface area contributed by atoms with E-state index in [0.29, 0.717) is 11.5 Å². The molecule has 2 N–H and O–H groups in total. The van der Waals surface area contributed by atoms with E-state index in [4.69, 9.17) is 14.6 Å². The van der Waals surface area contributed by atoms with E-state index in [-0.39, 0.29) is 13.1 Å². The molecule has 2 rings (SSSR count). The zero-order valence-electron chi connectivity index (χ0n) is 9.54.